The van der Waals surface area contributed by atoms with Gasteiger partial charge in [0, 0.05) is 31.0 Å². The van der Waals surface area contributed by atoms with Gasteiger partial charge in [0.25, 0.3) is 0 Å². The van der Waals surface area contributed by atoms with Gasteiger partial charge >= 0.3 is 0 Å². The molecule has 0 radical (unpaired) electrons. The monoisotopic (exact) mass is 294 g/mol. The fourth-order valence-electron chi connectivity index (χ4n) is 1.95. The molecule has 0 aliphatic rings. The Labute approximate surface area is 129 Å². The first kappa shape index (κ1) is 17.9. The lowest BCUT2D eigenvalue weighted by Crippen LogP contribution is -2.22. The van der Waals surface area contributed by atoms with Gasteiger partial charge in [-0.3, -0.25) is 0 Å². The average molecular weight is 294 g/mol. The van der Waals surface area contributed by atoms with E-state index in [0.29, 0.717) is 25.1 Å². The summed E-state index contributed by atoms with van der Waals surface area (Å²) in [6, 6.07) is 4.66. The second kappa shape index (κ2) is 10.6. The number of hydrogen-bond acceptors (Lipinski definition) is 4. The summed E-state index contributed by atoms with van der Waals surface area (Å²) in [4.78, 5) is 4.56. The molecule has 0 amide bonds. The first-order valence-electron chi connectivity index (χ1n) is 8.09. The van der Waals surface area contributed by atoms with E-state index in [-0.39, 0.29) is 0 Å². The third-order valence-corrected chi connectivity index (χ3v) is 2.96. The van der Waals surface area contributed by atoms with Crippen LogP contribution in [0.4, 0.5) is 0 Å². The topological polar surface area (TPSA) is 43.4 Å². The van der Waals surface area contributed by atoms with Crippen molar-refractivity contribution in [3.63, 3.8) is 0 Å². The molecule has 0 saturated heterocycles. The Kier molecular flexibility index (Phi) is 9.02. The van der Waals surface area contributed by atoms with Crippen LogP contribution >= 0.6 is 0 Å². The van der Waals surface area contributed by atoms with Crippen LogP contribution in [-0.4, -0.2) is 30.8 Å². The number of ether oxygens (including phenoxy) is 2. The molecule has 0 bridgehead atoms. The number of aryl methyl sites for hydroxylation is 1. The Hall–Kier alpha value is -1.13. The highest BCUT2D eigenvalue weighted by Gasteiger charge is 2.05. The molecule has 0 aliphatic carbocycles. The summed E-state index contributed by atoms with van der Waals surface area (Å²) in [6.45, 7) is 11.4. The maximum absolute atomic E-state index is 5.72. The fourth-order valence-corrected chi connectivity index (χ4v) is 1.95. The third kappa shape index (κ3) is 8.02. The summed E-state index contributed by atoms with van der Waals surface area (Å²) in [5.41, 5.74) is 2.33. The van der Waals surface area contributed by atoms with Crippen LogP contribution in [-0.2, 0) is 17.7 Å². The van der Waals surface area contributed by atoms with E-state index in [4.69, 9.17) is 9.47 Å². The van der Waals surface area contributed by atoms with Crippen LogP contribution in [0.15, 0.2) is 12.1 Å². The second-order valence-corrected chi connectivity index (χ2v) is 5.55. The standard InChI is InChI=1S/C17H30N2O2/c1-5-7-16-11-15(13-18-14(3)4)12-17(19-16)21-10-9-20-8-6-2/h11-12,14,18H,5-10,13H2,1-4H3. The van der Waals surface area contributed by atoms with E-state index in [9.17, 15) is 0 Å². The molecular weight excluding hydrogens is 264 g/mol. The van der Waals surface area contributed by atoms with Crippen molar-refractivity contribution in [2.75, 3.05) is 19.8 Å². The minimum Gasteiger partial charge on any atom is -0.475 e. The van der Waals surface area contributed by atoms with E-state index >= 15 is 0 Å². The minimum atomic E-state index is 0.472. The third-order valence-electron chi connectivity index (χ3n) is 2.96. The molecular formula is C17H30N2O2. The number of nitrogens with zero attached hydrogens (tertiary/aromatic N) is 1. The molecule has 1 heterocycles. The van der Waals surface area contributed by atoms with Gasteiger partial charge in [-0.2, -0.15) is 0 Å². The molecule has 0 fully saturated rings. The SMILES string of the molecule is CCCOCCOc1cc(CNC(C)C)cc(CCC)n1. The van der Waals surface area contributed by atoms with Crippen LogP contribution in [0.5, 0.6) is 5.88 Å². The Morgan fingerprint density at radius 1 is 1.10 bits per heavy atom. The molecule has 1 aromatic heterocycles. The molecule has 4 heteroatoms. The van der Waals surface area contributed by atoms with Crippen molar-refractivity contribution in [1.82, 2.24) is 10.3 Å². The van der Waals surface area contributed by atoms with E-state index in [0.717, 1.165) is 38.1 Å². The molecule has 0 spiro atoms. The van der Waals surface area contributed by atoms with E-state index in [1.807, 2.05) is 6.07 Å². The zero-order chi connectivity index (χ0) is 15.5. The highest BCUT2D eigenvalue weighted by Crippen LogP contribution is 2.14. The average Bonchev–Trinajstić information content (AvgIpc) is 2.45. The van der Waals surface area contributed by atoms with Gasteiger partial charge in [0.2, 0.25) is 5.88 Å². The Bertz CT molecular complexity index is 394. The van der Waals surface area contributed by atoms with E-state index in [2.05, 4.69) is 44.1 Å². The van der Waals surface area contributed by atoms with Gasteiger partial charge in [0.05, 0.1) is 6.61 Å². The van der Waals surface area contributed by atoms with Crippen LogP contribution in [0, 0.1) is 0 Å². The van der Waals surface area contributed by atoms with E-state index < -0.39 is 0 Å². The number of rotatable bonds is 11. The number of hydrogen-bond donors (Lipinski definition) is 1. The summed E-state index contributed by atoms with van der Waals surface area (Å²) in [5.74, 6) is 0.710. The van der Waals surface area contributed by atoms with Crippen molar-refractivity contribution < 1.29 is 9.47 Å². The molecule has 1 aromatic rings. The predicted molar refractivity (Wildman–Crippen MR) is 86.8 cm³/mol. The van der Waals surface area contributed by atoms with Crippen molar-refractivity contribution in [2.24, 2.45) is 0 Å². The lowest BCUT2D eigenvalue weighted by atomic mass is 10.1. The molecule has 120 valence electrons. The molecule has 0 aliphatic heterocycles. The van der Waals surface area contributed by atoms with Gasteiger partial charge in [-0.25, -0.2) is 4.98 Å². The van der Waals surface area contributed by atoms with Crippen LogP contribution in [0.3, 0.4) is 0 Å². The minimum absolute atomic E-state index is 0.472. The van der Waals surface area contributed by atoms with Gasteiger partial charge in [0.1, 0.15) is 6.61 Å². The van der Waals surface area contributed by atoms with Crippen molar-refractivity contribution in [2.45, 2.75) is 59.5 Å². The predicted octanol–water partition coefficient (Wildman–Crippen LogP) is 3.34. The maximum atomic E-state index is 5.72. The lowest BCUT2D eigenvalue weighted by molar-refractivity contribution is 0.0989. The van der Waals surface area contributed by atoms with Crippen molar-refractivity contribution in [3.05, 3.63) is 23.4 Å². The van der Waals surface area contributed by atoms with Crippen molar-refractivity contribution in [1.29, 1.82) is 0 Å². The zero-order valence-corrected chi connectivity index (χ0v) is 13.9. The van der Waals surface area contributed by atoms with Crippen LogP contribution in [0.2, 0.25) is 0 Å². The summed E-state index contributed by atoms with van der Waals surface area (Å²) in [7, 11) is 0. The maximum Gasteiger partial charge on any atom is 0.213 e. The van der Waals surface area contributed by atoms with E-state index in [1.54, 1.807) is 0 Å². The molecule has 0 aromatic carbocycles. The van der Waals surface area contributed by atoms with Gasteiger partial charge in [-0.1, -0.05) is 34.1 Å². The van der Waals surface area contributed by atoms with Crippen LogP contribution < -0.4 is 10.1 Å². The largest absolute Gasteiger partial charge is 0.475 e. The quantitative estimate of drug-likeness (QED) is 0.636. The Balaban J connectivity index is 2.58. The number of nitrogens with one attached hydrogen (secondary N) is 1. The molecule has 4 nitrogen and oxygen atoms in total. The van der Waals surface area contributed by atoms with Crippen LogP contribution in [0.25, 0.3) is 0 Å². The summed E-state index contributed by atoms with van der Waals surface area (Å²) in [5, 5.41) is 3.43. The normalized spacial score (nSPS) is 11.1. The second-order valence-electron chi connectivity index (χ2n) is 5.55. The molecule has 1 rings (SSSR count). The Morgan fingerprint density at radius 2 is 1.90 bits per heavy atom. The molecule has 0 saturated carbocycles. The first-order valence-corrected chi connectivity index (χ1v) is 8.09. The summed E-state index contributed by atoms with van der Waals surface area (Å²) >= 11 is 0. The highest BCUT2D eigenvalue weighted by atomic mass is 16.5. The zero-order valence-electron chi connectivity index (χ0n) is 13.9. The molecule has 21 heavy (non-hydrogen) atoms. The van der Waals surface area contributed by atoms with Gasteiger partial charge in [0.15, 0.2) is 0 Å². The fraction of sp³-hybridized carbons (Fsp3) is 0.706. The highest BCUT2D eigenvalue weighted by molar-refractivity contribution is 5.25. The van der Waals surface area contributed by atoms with Crippen molar-refractivity contribution in [3.8, 4) is 5.88 Å². The summed E-state index contributed by atoms with van der Waals surface area (Å²) < 4.78 is 11.1. The number of pyridine rings is 1. The van der Waals surface area contributed by atoms with Gasteiger partial charge in [-0.05, 0) is 24.5 Å². The van der Waals surface area contributed by atoms with Crippen LogP contribution in [0.1, 0.15) is 51.8 Å². The first-order chi connectivity index (χ1) is 10.2. The van der Waals surface area contributed by atoms with E-state index in [1.165, 1.54) is 5.56 Å². The smallest absolute Gasteiger partial charge is 0.213 e. The lowest BCUT2D eigenvalue weighted by Gasteiger charge is -2.12. The van der Waals surface area contributed by atoms with Gasteiger partial charge in [-0.15, -0.1) is 0 Å². The number of aromatic nitrogens is 1. The van der Waals surface area contributed by atoms with Gasteiger partial charge < -0.3 is 14.8 Å². The molecule has 0 unspecified atom stereocenters. The van der Waals surface area contributed by atoms with Crippen molar-refractivity contribution >= 4 is 0 Å². The Morgan fingerprint density at radius 3 is 2.57 bits per heavy atom. The molecule has 1 N–H and O–H groups in total. The summed E-state index contributed by atoms with van der Waals surface area (Å²) in [6.07, 6.45) is 3.11. The molecule has 0 atom stereocenters.